The molecule has 1 aliphatic carbocycles. The highest BCUT2D eigenvalue weighted by Gasteiger charge is 2.27. The molecule has 2 aromatic heterocycles. The molecule has 1 saturated carbocycles. The average molecular weight is 274 g/mol. The molecule has 1 fully saturated rings. The number of carbonyl (C=O) groups is 1. The number of nitrogens with one attached hydrogen (secondary N) is 1. The minimum absolute atomic E-state index is 0.151. The van der Waals surface area contributed by atoms with Crippen LogP contribution in [0.2, 0.25) is 0 Å². The van der Waals surface area contributed by atoms with Crippen molar-refractivity contribution in [2.24, 2.45) is 0 Å². The van der Waals surface area contributed by atoms with Gasteiger partial charge < -0.3 is 20.0 Å². The molecule has 0 saturated heterocycles. The van der Waals surface area contributed by atoms with E-state index >= 15 is 0 Å². The minimum atomic E-state index is -0.151. The topological polar surface area (TPSA) is 86.1 Å². The second-order valence-electron chi connectivity index (χ2n) is 5.23. The highest BCUT2D eigenvalue weighted by atomic mass is 16.4. The summed E-state index contributed by atoms with van der Waals surface area (Å²) in [5.41, 5.74) is 7.85. The molecule has 1 aliphatic rings. The number of aromatic nitrogens is 2. The van der Waals surface area contributed by atoms with Crippen LogP contribution in [0.15, 0.2) is 16.7 Å². The third-order valence-electron chi connectivity index (χ3n) is 3.52. The highest BCUT2D eigenvalue weighted by Crippen LogP contribution is 2.37. The van der Waals surface area contributed by atoms with E-state index in [1.807, 2.05) is 24.6 Å². The Morgan fingerprint density at radius 1 is 1.55 bits per heavy atom. The van der Waals surface area contributed by atoms with Crippen LogP contribution in [0.5, 0.6) is 0 Å². The molecule has 0 radical (unpaired) electrons. The lowest BCUT2D eigenvalue weighted by molar-refractivity contribution is 0.0937. The number of nitrogens with zero attached hydrogens (tertiary/aromatic N) is 2. The fraction of sp³-hybridized carbons (Fsp3) is 0.429. The van der Waals surface area contributed by atoms with Gasteiger partial charge in [-0.2, -0.15) is 0 Å². The van der Waals surface area contributed by atoms with Crippen molar-refractivity contribution in [3.8, 4) is 0 Å². The van der Waals surface area contributed by atoms with Crippen LogP contribution in [0, 0.1) is 13.8 Å². The van der Waals surface area contributed by atoms with Gasteiger partial charge in [0.25, 0.3) is 5.91 Å². The Bertz CT molecular complexity index is 633. The van der Waals surface area contributed by atoms with E-state index in [2.05, 4.69) is 10.3 Å². The number of aryl methyl sites for hydroxylation is 2. The first-order chi connectivity index (χ1) is 9.54. The summed E-state index contributed by atoms with van der Waals surface area (Å²) in [7, 11) is 0. The van der Waals surface area contributed by atoms with E-state index in [9.17, 15) is 4.79 Å². The molecular formula is C14H18N4O2. The number of hydrogen-bond donors (Lipinski definition) is 2. The molecule has 1 amide bonds. The smallest absolute Gasteiger partial charge is 0.268 e. The largest absolute Gasteiger partial charge is 0.444 e. The summed E-state index contributed by atoms with van der Waals surface area (Å²) < 4.78 is 7.39. The quantitative estimate of drug-likeness (QED) is 0.892. The summed E-state index contributed by atoms with van der Waals surface area (Å²) in [5, 5.41) is 2.82. The number of amides is 1. The van der Waals surface area contributed by atoms with Crippen LogP contribution in [-0.4, -0.2) is 15.5 Å². The molecule has 0 aliphatic heterocycles. The van der Waals surface area contributed by atoms with Crippen LogP contribution < -0.4 is 11.1 Å². The van der Waals surface area contributed by atoms with E-state index in [0.29, 0.717) is 23.3 Å². The van der Waals surface area contributed by atoms with Crippen molar-refractivity contribution in [2.75, 3.05) is 5.73 Å². The van der Waals surface area contributed by atoms with Crippen molar-refractivity contribution in [1.82, 2.24) is 14.9 Å². The molecule has 3 N–H and O–H groups in total. The Labute approximate surface area is 117 Å². The number of hydrogen-bond acceptors (Lipinski definition) is 4. The van der Waals surface area contributed by atoms with Crippen molar-refractivity contribution in [2.45, 2.75) is 39.3 Å². The second kappa shape index (κ2) is 4.70. The highest BCUT2D eigenvalue weighted by molar-refractivity contribution is 5.93. The summed E-state index contributed by atoms with van der Waals surface area (Å²) in [4.78, 5) is 16.5. The fourth-order valence-electron chi connectivity index (χ4n) is 2.20. The maximum absolute atomic E-state index is 12.2. The summed E-state index contributed by atoms with van der Waals surface area (Å²) >= 11 is 0. The first-order valence-corrected chi connectivity index (χ1v) is 6.73. The lowest BCUT2D eigenvalue weighted by Crippen LogP contribution is -2.25. The zero-order chi connectivity index (χ0) is 14.3. The predicted molar refractivity (Wildman–Crippen MR) is 74.3 cm³/mol. The fourth-order valence-corrected chi connectivity index (χ4v) is 2.20. The summed E-state index contributed by atoms with van der Waals surface area (Å²) in [6.07, 6.45) is 4.03. The van der Waals surface area contributed by atoms with Crippen LogP contribution in [0.4, 0.5) is 5.69 Å². The number of carbonyl (C=O) groups excluding carboxylic acids is 1. The SMILES string of the molecule is Cc1nc(CNC(=O)c2cc(N)cn2C2CC2)oc1C. The van der Waals surface area contributed by atoms with Crippen molar-refractivity contribution in [3.05, 3.63) is 35.3 Å². The van der Waals surface area contributed by atoms with Crippen molar-refractivity contribution < 1.29 is 9.21 Å². The van der Waals surface area contributed by atoms with Gasteiger partial charge in [0.2, 0.25) is 5.89 Å². The molecular weight excluding hydrogens is 256 g/mol. The summed E-state index contributed by atoms with van der Waals surface area (Å²) in [5.74, 6) is 1.15. The van der Waals surface area contributed by atoms with Gasteiger partial charge in [-0.05, 0) is 32.8 Å². The van der Waals surface area contributed by atoms with Crippen molar-refractivity contribution in [3.63, 3.8) is 0 Å². The number of nitrogens with two attached hydrogens (primary N) is 1. The Balaban J connectivity index is 1.70. The molecule has 6 heteroatoms. The van der Waals surface area contributed by atoms with E-state index in [1.165, 1.54) is 0 Å². The molecule has 0 aromatic carbocycles. The molecule has 3 rings (SSSR count). The van der Waals surface area contributed by atoms with Gasteiger partial charge in [0.05, 0.1) is 17.9 Å². The lowest BCUT2D eigenvalue weighted by Gasteiger charge is -2.07. The summed E-state index contributed by atoms with van der Waals surface area (Å²) in [6.45, 7) is 4.01. The number of oxazole rings is 1. The molecule has 20 heavy (non-hydrogen) atoms. The van der Waals surface area contributed by atoms with Crippen LogP contribution in [-0.2, 0) is 6.54 Å². The Kier molecular flexibility index (Phi) is 3.00. The normalized spacial score (nSPS) is 14.5. The van der Waals surface area contributed by atoms with Crippen LogP contribution in [0.1, 0.15) is 46.7 Å². The van der Waals surface area contributed by atoms with Gasteiger partial charge in [0.1, 0.15) is 11.5 Å². The second-order valence-corrected chi connectivity index (χ2v) is 5.23. The molecule has 6 nitrogen and oxygen atoms in total. The zero-order valence-corrected chi connectivity index (χ0v) is 11.6. The zero-order valence-electron chi connectivity index (χ0n) is 11.6. The molecule has 2 aromatic rings. The van der Waals surface area contributed by atoms with Gasteiger partial charge in [-0.1, -0.05) is 0 Å². The predicted octanol–water partition coefficient (Wildman–Crippen LogP) is 1.94. The van der Waals surface area contributed by atoms with Crippen LogP contribution >= 0.6 is 0 Å². The minimum Gasteiger partial charge on any atom is -0.444 e. The monoisotopic (exact) mass is 274 g/mol. The van der Waals surface area contributed by atoms with Crippen LogP contribution in [0.3, 0.4) is 0 Å². The number of anilines is 1. The van der Waals surface area contributed by atoms with E-state index in [1.54, 1.807) is 6.07 Å². The van der Waals surface area contributed by atoms with Gasteiger partial charge >= 0.3 is 0 Å². The van der Waals surface area contributed by atoms with Gasteiger partial charge in [-0.3, -0.25) is 4.79 Å². The number of rotatable bonds is 4. The molecule has 0 unspecified atom stereocenters. The maximum atomic E-state index is 12.2. The standard InChI is InChI=1S/C14H18N4O2/c1-8-9(2)20-13(17-8)6-16-14(19)12-5-10(15)7-18(12)11-3-4-11/h5,7,11H,3-4,6,15H2,1-2H3,(H,16,19). The Morgan fingerprint density at radius 3 is 2.90 bits per heavy atom. The molecule has 106 valence electrons. The Hall–Kier alpha value is -2.24. The van der Waals surface area contributed by atoms with Gasteiger partial charge in [0.15, 0.2) is 0 Å². The van der Waals surface area contributed by atoms with Crippen molar-refractivity contribution in [1.29, 1.82) is 0 Å². The molecule has 0 bridgehead atoms. The van der Waals surface area contributed by atoms with E-state index in [-0.39, 0.29) is 12.5 Å². The van der Waals surface area contributed by atoms with Crippen molar-refractivity contribution >= 4 is 11.6 Å². The third kappa shape index (κ3) is 2.41. The maximum Gasteiger partial charge on any atom is 0.268 e. The third-order valence-corrected chi connectivity index (χ3v) is 3.52. The molecule has 2 heterocycles. The van der Waals surface area contributed by atoms with Crippen LogP contribution in [0.25, 0.3) is 0 Å². The first-order valence-electron chi connectivity index (χ1n) is 6.73. The Morgan fingerprint density at radius 2 is 2.30 bits per heavy atom. The average Bonchev–Trinajstić information content (AvgIpc) is 3.10. The lowest BCUT2D eigenvalue weighted by atomic mass is 10.3. The number of nitrogen functional groups attached to an aromatic ring is 1. The van der Waals surface area contributed by atoms with E-state index in [4.69, 9.17) is 10.2 Å². The van der Waals surface area contributed by atoms with E-state index < -0.39 is 0 Å². The van der Waals surface area contributed by atoms with Gasteiger partial charge in [-0.15, -0.1) is 0 Å². The summed E-state index contributed by atoms with van der Waals surface area (Å²) in [6, 6.07) is 2.12. The molecule has 0 spiro atoms. The first kappa shape index (κ1) is 12.8. The van der Waals surface area contributed by atoms with Gasteiger partial charge in [-0.25, -0.2) is 4.98 Å². The van der Waals surface area contributed by atoms with E-state index in [0.717, 1.165) is 24.3 Å². The molecule has 0 atom stereocenters. The van der Waals surface area contributed by atoms with Gasteiger partial charge in [0, 0.05) is 12.2 Å².